The third-order valence-electron chi connectivity index (χ3n) is 6.93. The van der Waals surface area contributed by atoms with Crippen molar-refractivity contribution < 1.29 is 42.4 Å². The molecule has 0 aromatic heterocycles. The lowest BCUT2D eigenvalue weighted by molar-refractivity contribution is -0.870. The Morgan fingerprint density at radius 2 is 1.51 bits per heavy atom. The molecule has 2 aromatic rings. The van der Waals surface area contributed by atoms with Crippen molar-refractivity contribution in [1.29, 1.82) is 0 Å². The predicted octanol–water partition coefficient (Wildman–Crippen LogP) is 4.51. The summed E-state index contributed by atoms with van der Waals surface area (Å²) in [7, 11) is 1.20. The number of hydrogen-bond donors (Lipinski definition) is 2. The van der Waals surface area contributed by atoms with Crippen LogP contribution in [0.4, 0.5) is 0 Å². The van der Waals surface area contributed by atoms with Crippen LogP contribution in [0.5, 0.6) is 0 Å². The van der Waals surface area contributed by atoms with E-state index in [-0.39, 0.29) is 25.5 Å². The fourth-order valence-corrected chi connectivity index (χ4v) is 5.14. The Labute approximate surface area is 256 Å². The van der Waals surface area contributed by atoms with E-state index in [4.69, 9.17) is 9.26 Å². The van der Waals surface area contributed by atoms with Gasteiger partial charge in [-0.25, -0.2) is 0 Å². The van der Waals surface area contributed by atoms with Crippen LogP contribution in [0.3, 0.4) is 0 Å². The maximum Gasteiger partial charge on any atom is 0.305 e. The lowest BCUT2D eigenvalue weighted by Gasteiger charge is -2.27. The lowest BCUT2D eigenvalue weighted by Crippen LogP contribution is -2.37. The lowest BCUT2D eigenvalue weighted by atomic mass is 10.0. The highest BCUT2D eigenvalue weighted by molar-refractivity contribution is 7.45. The maximum absolute atomic E-state index is 12.2. The summed E-state index contributed by atoms with van der Waals surface area (Å²) in [5, 5.41) is 15.2. The minimum absolute atomic E-state index is 0.0233. The van der Waals surface area contributed by atoms with Crippen LogP contribution in [0.1, 0.15) is 69.8 Å². The minimum atomic E-state index is -4.52. The van der Waals surface area contributed by atoms with E-state index in [0.717, 1.165) is 62.3 Å². The largest absolute Gasteiger partial charge is 0.756 e. The quantitative estimate of drug-likeness (QED) is 0.0801. The molecular weight excluding hydrogens is 571 g/mol. The minimum Gasteiger partial charge on any atom is -0.756 e. The molecule has 11 heteroatoms. The number of quaternary nitrogens is 1. The summed E-state index contributed by atoms with van der Waals surface area (Å²) in [6, 6.07) is 14.3. The van der Waals surface area contributed by atoms with E-state index in [2.05, 4.69) is 34.1 Å². The zero-order valence-electron chi connectivity index (χ0n) is 26.1. The van der Waals surface area contributed by atoms with Crippen LogP contribution in [0.2, 0.25) is 0 Å². The van der Waals surface area contributed by atoms with Gasteiger partial charge in [0, 0.05) is 13.0 Å². The summed E-state index contributed by atoms with van der Waals surface area (Å²) in [5.41, 5.74) is 1.03. The number of carbonyl (C=O) groups excluding carboxylic acids is 2. The van der Waals surface area contributed by atoms with E-state index in [1.165, 1.54) is 5.39 Å². The van der Waals surface area contributed by atoms with Crippen molar-refractivity contribution >= 4 is 30.5 Å². The first kappa shape index (κ1) is 36.9. The summed E-state index contributed by atoms with van der Waals surface area (Å²) < 4.78 is 26.7. The van der Waals surface area contributed by atoms with Crippen molar-refractivity contribution in [3.63, 3.8) is 0 Å². The number of esters is 1. The summed E-state index contributed by atoms with van der Waals surface area (Å²) in [4.78, 5) is 35.9. The van der Waals surface area contributed by atoms with Crippen LogP contribution in [0, 0.1) is 0 Å². The van der Waals surface area contributed by atoms with Crippen molar-refractivity contribution in [3.05, 3.63) is 48.0 Å². The number of nitrogens with zero attached hydrogens (tertiary/aromatic N) is 1. The van der Waals surface area contributed by atoms with Crippen molar-refractivity contribution in [2.45, 2.75) is 76.7 Å². The van der Waals surface area contributed by atoms with Crippen molar-refractivity contribution in [1.82, 2.24) is 5.32 Å². The number of phosphoric acid groups is 1. The Hall–Kier alpha value is -2.33. The number of benzene rings is 2. The number of unbranched alkanes of at least 4 members (excludes halogenated alkanes) is 8. The Bertz CT molecular complexity index is 1150. The zero-order chi connectivity index (χ0) is 31.6. The number of ether oxygens (including phenoxy) is 1. The van der Waals surface area contributed by atoms with Crippen molar-refractivity contribution in [2.24, 2.45) is 0 Å². The number of likely N-dealkylation sites (N-methyl/N-ethyl adjacent to an activating group) is 1. The zero-order valence-corrected chi connectivity index (χ0v) is 27.0. The number of carbonyl (C=O) groups is 2. The first-order valence-electron chi connectivity index (χ1n) is 15.4. The highest BCUT2D eigenvalue weighted by Gasteiger charge is 2.17. The molecule has 242 valence electrons. The van der Waals surface area contributed by atoms with E-state index < -0.39 is 26.5 Å². The number of hydrogen-bond acceptors (Lipinski definition) is 8. The average molecular weight is 623 g/mol. The topological polar surface area (TPSA) is 134 Å². The van der Waals surface area contributed by atoms with E-state index in [1.807, 2.05) is 39.3 Å². The van der Waals surface area contributed by atoms with Gasteiger partial charge in [-0.2, -0.15) is 0 Å². The number of amides is 1. The number of nitrogens with one attached hydrogen (secondary N) is 1. The smallest absolute Gasteiger partial charge is 0.305 e. The van der Waals surface area contributed by atoms with E-state index in [1.54, 1.807) is 0 Å². The van der Waals surface area contributed by atoms with Gasteiger partial charge in [-0.1, -0.05) is 87.4 Å². The van der Waals surface area contributed by atoms with Gasteiger partial charge in [-0.05, 0) is 29.2 Å². The molecule has 1 amide bonds. The summed E-state index contributed by atoms with van der Waals surface area (Å²) in [6.07, 6.45) is 8.71. The molecule has 1 unspecified atom stereocenters. The standard InChI is InChI=1S/C32H51N2O8P/c1-34(2,3)21-22-41-43(38,39)42-26-30(35)25-40-32(37)17-11-9-7-5-4-6-8-10-14-20-33-31(36)24-27-18-19-28-15-12-13-16-29(28)23-27/h12-13,15-16,18-19,23,30,35H,4-11,14,17,20-22,24-26H2,1-3H3,(H-,33,36,38,39)/t30-/m1/s1. The molecule has 0 aliphatic heterocycles. The first-order valence-corrected chi connectivity index (χ1v) is 16.9. The van der Waals surface area contributed by atoms with Crippen LogP contribution in [0.15, 0.2) is 42.5 Å². The first-order chi connectivity index (χ1) is 20.4. The fourth-order valence-electron chi connectivity index (χ4n) is 4.41. The second-order valence-electron chi connectivity index (χ2n) is 12.1. The number of phosphoric ester groups is 1. The molecule has 0 saturated heterocycles. The number of aliphatic hydroxyl groups excluding tert-OH is 1. The van der Waals surface area contributed by atoms with Crippen LogP contribution < -0.4 is 10.2 Å². The summed E-state index contributed by atoms with van der Waals surface area (Å²) in [6.45, 7) is 0.305. The summed E-state index contributed by atoms with van der Waals surface area (Å²) in [5.74, 6) is -0.361. The highest BCUT2D eigenvalue weighted by Crippen LogP contribution is 2.38. The van der Waals surface area contributed by atoms with Gasteiger partial charge in [0.25, 0.3) is 7.82 Å². The molecule has 0 fully saturated rings. The maximum atomic E-state index is 12.2. The molecule has 0 spiro atoms. The van der Waals surface area contributed by atoms with Gasteiger partial charge in [-0.15, -0.1) is 0 Å². The van der Waals surface area contributed by atoms with Gasteiger partial charge in [0.1, 0.15) is 25.9 Å². The molecule has 0 bridgehead atoms. The SMILES string of the molecule is C[N+](C)(C)CCOP(=O)([O-])OC[C@H](O)COC(=O)CCCCCCCCCCCNC(=O)Cc1ccc2ccccc2c1. The third kappa shape index (κ3) is 18.2. The molecule has 0 heterocycles. The second-order valence-corrected chi connectivity index (χ2v) is 13.5. The molecule has 43 heavy (non-hydrogen) atoms. The number of rotatable bonds is 23. The van der Waals surface area contributed by atoms with Crippen LogP contribution in [-0.2, 0) is 34.4 Å². The van der Waals surface area contributed by atoms with Crippen LogP contribution in [0.25, 0.3) is 10.8 Å². The third-order valence-corrected chi connectivity index (χ3v) is 7.90. The van der Waals surface area contributed by atoms with Gasteiger partial charge >= 0.3 is 5.97 Å². The number of fused-ring (bicyclic) bond motifs is 1. The van der Waals surface area contributed by atoms with Crippen LogP contribution in [-0.4, -0.2) is 81.6 Å². The van der Waals surface area contributed by atoms with Gasteiger partial charge in [0.2, 0.25) is 5.91 Å². The highest BCUT2D eigenvalue weighted by atomic mass is 31.2. The molecule has 2 atom stereocenters. The predicted molar refractivity (Wildman–Crippen MR) is 166 cm³/mol. The van der Waals surface area contributed by atoms with Crippen molar-refractivity contribution in [2.75, 3.05) is 54.1 Å². The molecule has 0 aliphatic rings. The molecule has 0 aliphatic carbocycles. The second kappa shape index (κ2) is 19.8. The van der Waals surface area contributed by atoms with Gasteiger partial charge in [0.05, 0.1) is 34.2 Å². The van der Waals surface area contributed by atoms with Crippen molar-refractivity contribution in [3.8, 4) is 0 Å². The molecule has 2 aromatic carbocycles. The molecule has 10 nitrogen and oxygen atoms in total. The average Bonchev–Trinajstić information content (AvgIpc) is 2.94. The van der Waals surface area contributed by atoms with Gasteiger partial charge in [0.15, 0.2) is 0 Å². The Morgan fingerprint density at radius 3 is 2.19 bits per heavy atom. The number of aliphatic hydroxyl groups is 1. The fraction of sp³-hybridized carbons (Fsp3) is 0.625. The Kier molecular flexibility index (Phi) is 17.0. The van der Waals surface area contributed by atoms with E-state index >= 15 is 0 Å². The van der Waals surface area contributed by atoms with Crippen LogP contribution >= 0.6 is 7.82 Å². The molecule has 0 radical (unpaired) electrons. The van der Waals surface area contributed by atoms with Gasteiger partial charge < -0.3 is 33.6 Å². The monoisotopic (exact) mass is 622 g/mol. The molecule has 2 N–H and O–H groups in total. The Morgan fingerprint density at radius 1 is 0.884 bits per heavy atom. The summed E-state index contributed by atoms with van der Waals surface area (Å²) >= 11 is 0. The normalized spacial score (nSPS) is 13.9. The molecule has 0 saturated carbocycles. The Balaban J connectivity index is 1.37. The van der Waals surface area contributed by atoms with E-state index in [9.17, 15) is 24.2 Å². The molecule has 2 rings (SSSR count). The molecular formula is C32H51N2O8P. The van der Waals surface area contributed by atoms with Gasteiger partial charge in [-0.3, -0.25) is 14.2 Å². The van der Waals surface area contributed by atoms with E-state index in [0.29, 0.717) is 30.4 Å².